The van der Waals surface area contributed by atoms with Crippen LogP contribution in [0.4, 0.5) is 0 Å². The molecule has 130 valence electrons. The third-order valence-corrected chi connectivity index (χ3v) is 4.50. The third-order valence-electron chi connectivity index (χ3n) is 3.62. The second kappa shape index (κ2) is 7.28. The van der Waals surface area contributed by atoms with Gasteiger partial charge in [0.1, 0.15) is 25.0 Å². The van der Waals surface area contributed by atoms with E-state index in [9.17, 15) is 4.79 Å². The summed E-state index contributed by atoms with van der Waals surface area (Å²) in [5.41, 5.74) is 2.12. The Morgan fingerprint density at radius 2 is 2.04 bits per heavy atom. The predicted octanol–water partition coefficient (Wildman–Crippen LogP) is 2.09. The number of rotatable bonds is 6. The first-order valence-corrected chi connectivity index (χ1v) is 8.70. The molecule has 3 aromatic heterocycles. The van der Waals surface area contributed by atoms with Gasteiger partial charge in [-0.25, -0.2) is 19.5 Å². The molecule has 4 rings (SSSR count). The summed E-state index contributed by atoms with van der Waals surface area (Å²) in [4.78, 5) is 25.3. The Bertz CT molecular complexity index is 1030. The summed E-state index contributed by atoms with van der Waals surface area (Å²) in [7, 11) is 0. The van der Waals surface area contributed by atoms with Crippen LogP contribution in [0.3, 0.4) is 0 Å². The average Bonchev–Trinajstić information content (AvgIpc) is 3.30. The molecule has 0 saturated heterocycles. The normalized spacial score (nSPS) is 10.8. The zero-order chi connectivity index (χ0) is 17.8. The van der Waals surface area contributed by atoms with E-state index in [1.54, 1.807) is 4.52 Å². The Hall–Kier alpha value is -3.33. The molecule has 0 atom stereocenters. The Morgan fingerprint density at radius 3 is 2.92 bits per heavy atom. The SMILES string of the molecule is O=C(NCc1csc2ncnn12)c1cc(OCc2ccccc2)ncn1. The lowest BCUT2D eigenvalue weighted by atomic mass is 10.2. The number of amides is 1. The quantitative estimate of drug-likeness (QED) is 0.561. The number of hydrogen-bond acceptors (Lipinski definition) is 7. The van der Waals surface area contributed by atoms with Crippen molar-refractivity contribution in [3.63, 3.8) is 0 Å². The fraction of sp³-hybridized carbons (Fsp3) is 0.118. The molecule has 26 heavy (non-hydrogen) atoms. The zero-order valence-electron chi connectivity index (χ0n) is 13.6. The van der Waals surface area contributed by atoms with Crippen LogP contribution in [0.25, 0.3) is 4.96 Å². The lowest BCUT2D eigenvalue weighted by Crippen LogP contribution is -2.24. The van der Waals surface area contributed by atoms with Crippen molar-refractivity contribution in [3.8, 4) is 5.88 Å². The fourth-order valence-electron chi connectivity index (χ4n) is 2.33. The van der Waals surface area contributed by atoms with Gasteiger partial charge in [-0.15, -0.1) is 11.3 Å². The predicted molar refractivity (Wildman–Crippen MR) is 94.8 cm³/mol. The number of nitrogens with one attached hydrogen (secondary N) is 1. The average molecular weight is 366 g/mol. The van der Waals surface area contributed by atoms with Crippen molar-refractivity contribution in [2.75, 3.05) is 0 Å². The summed E-state index contributed by atoms with van der Waals surface area (Å²) < 4.78 is 7.32. The number of ether oxygens (including phenoxy) is 1. The van der Waals surface area contributed by atoms with E-state index >= 15 is 0 Å². The van der Waals surface area contributed by atoms with Gasteiger partial charge in [0.05, 0.1) is 12.2 Å². The summed E-state index contributed by atoms with van der Waals surface area (Å²) in [6.07, 6.45) is 2.80. The summed E-state index contributed by atoms with van der Waals surface area (Å²) in [5, 5.41) is 8.84. The molecule has 0 saturated carbocycles. The number of thiazole rings is 1. The first kappa shape index (κ1) is 16.2. The van der Waals surface area contributed by atoms with Gasteiger partial charge in [0.15, 0.2) is 0 Å². The van der Waals surface area contributed by atoms with Gasteiger partial charge < -0.3 is 10.1 Å². The van der Waals surface area contributed by atoms with E-state index in [0.717, 1.165) is 16.2 Å². The van der Waals surface area contributed by atoms with Crippen molar-refractivity contribution in [2.24, 2.45) is 0 Å². The van der Waals surface area contributed by atoms with Crippen molar-refractivity contribution in [2.45, 2.75) is 13.2 Å². The minimum absolute atomic E-state index is 0.244. The van der Waals surface area contributed by atoms with Gasteiger partial charge in [0.25, 0.3) is 5.91 Å². The lowest BCUT2D eigenvalue weighted by Gasteiger charge is -2.07. The molecule has 1 N–H and O–H groups in total. The van der Waals surface area contributed by atoms with Crippen molar-refractivity contribution >= 4 is 22.2 Å². The minimum atomic E-state index is -0.309. The summed E-state index contributed by atoms with van der Waals surface area (Å²) >= 11 is 1.47. The van der Waals surface area contributed by atoms with Crippen LogP contribution in [-0.2, 0) is 13.2 Å². The molecule has 0 radical (unpaired) electrons. The van der Waals surface area contributed by atoms with E-state index < -0.39 is 0 Å². The highest BCUT2D eigenvalue weighted by Crippen LogP contribution is 2.13. The second-order valence-electron chi connectivity index (χ2n) is 5.38. The molecule has 0 unspecified atom stereocenters. The van der Waals surface area contributed by atoms with Gasteiger partial charge in [-0.05, 0) is 5.56 Å². The molecule has 0 bridgehead atoms. The highest BCUT2D eigenvalue weighted by molar-refractivity contribution is 7.15. The van der Waals surface area contributed by atoms with Gasteiger partial charge >= 0.3 is 0 Å². The summed E-state index contributed by atoms with van der Waals surface area (Å²) in [6, 6.07) is 11.3. The smallest absolute Gasteiger partial charge is 0.270 e. The molecular formula is C17H14N6O2S. The van der Waals surface area contributed by atoms with Crippen LogP contribution in [-0.4, -0.2) is 30.5 Å². The Balaban J connectivity index is 1.39. The van der Waals surface area contributed by atoms with Gasteiger partial charge in [-0.2, -0.15) is 5.10 Å². The van der Waals surface area contributed by atoms with Gasteiger partial charge in [-0.1, -0.05) is 30.3 Å². The first-order chi connectivity index (χ1) is 12.8. The van der Waals surface area contributed by atoms with Gasteiger partial charge in [0.2, 0.25) is 10.8 Å². The van der Waals surface area contributed by atoms with Crippen LogP contribution in [0.15, 0.2) is 54.4 Å². The van der Waals surface area contributed by atoms with E-state index in [-0.39, 0.29) is 11.6 Å². The molecule has 0 spiro atoms. The summed E-state index contributed by atoms with van der Waals surface area (Å²) in [5.74, 6) is 0.0413. The zero-order valence-corrected chi connectivity index (χ0v) is 14.4. The van der Waals surface area contributed by atoms with E-state index in [4.69, 9.17) is 4.74 Å². The number of benzene rings is 1. The molecule has 0 fully saturated rings. The van der Waals surface area contributed by atoms with Gasteiger partial charge in [-0.3, -0.25) is 4.79 Å². The van der Waals surface area contributed by atoms with Crippen molar-refractivity contribution < 1.29 is 9.53 Å². The molecule has 0 aliphatic rings. The molecular weight excluding hydrogens is 352 g/mol. The maximum atomic E-state index is 12.3. The lowest BCUT2D eigenvalue weighted by molar-refractivity contribution is 0.0944. The van der Waals surface area contributed by atoms with Crippen LogP contribution in [0.5, 0.6) is 5.88 Å². The highest BCUT2D eigenvalue weighted by Gasteiger charge is 2.11. The van der Waals surface area contributed by atoms with Crippen LogP contribution in [0, 0.1) is 0 Å². The second-order valence-corrected chi connectivity index (χ2v) is 6.22. The molecule has 0 aliphatic carbocycles. The van der Waals surface area contributed by atoms with Crippen LogP contribution < -0.4 is 10.1 Å². The van der Waals surface area contributed by atoms with Crippen molar-refractivity contribution in [1.82, 2.24) is 29.9 Å². The van der Waals surface area contributed by atoms with Crippen LogP contribution in [0.1, 0.15) is 21.7 Å². The molecule has 9 heteroatoms. The molecule has 4 aromatic rings. The highest BCUT2D eigenvalue weighted by atomic mass is 32.1. The monoisotopic (exact) mass is 366 g/mol. The first-order valence-electron chi connectivity index (χ1n) is 7.82. The van der Waals surface area contributed by atoms with Crippen LogP contribution >= 0.6 is 11.3 Å². The third kappa shape index (κ3) is 3.52. The molecule has 8 nitrogen and oxygen atoms in total. The number of fused-ring (bicyclic) bond motifs is 1. The van der Waals surface area contributed by atoms with Crippen molar-refractivity contribution in [1.29, 1.82) is 0 Å². The number of nitrogens with zero attached hydrogens (tertiary/aromatic N) is 5. The van der Waals surface area contributed by atoms with E-state index in [1.165, 1.54) is 30.1 Å². The van der Waals surface area contributed by atoms with Gasteiger partial charge in [0, 0.05) is 11.4 Å². The van der Waals surface area contributed by atoms with E-state index in [2.05, 4.69) is 25.4 Å². The van der Waals surface area contributed by atoms with E-state index in [0.29, 0.717) is 19.0 Å². The Kier molecular flexibility index (Phi) is 4.52. The maximum absolute atomic E-state index is 12.3. The minimum Gasteiger partial charge on any atom is -0.473 e. The summed E-state index contributed by atoms with van der Waals surface area (Å²) in [6.45, 7) is 0.699. The Morgan fingerprint density at radius 1 is 1.15 bits per heavy atom. The Labute approximate surface area is 152 Å². The maximum Gasteiger partial charge on any atom is 0.270 e. The number of aromatic nitrogens is 5. The molecule has 3 heterocycles. The molecule has 0 aliphatic heterocycles. The topological polar surface area (TPSA) is 94.3 Å². The number of hydrogen-bond donors (Lipinski definition) is 1. The largest absolute Gasteiger partial charge is 0.473 e. The fourth-order valence-corrected chi connectivity index (χ4v) is 3.13. The van der Waals surface area contributed by atoms with Crippen LogP contribution in [0.2, 0.25) is 0 Å². The van der Waals surface area contributed by atoms with E-state index in [1.807, 2.05) is 35.7 Å². The van der Waals surface area contributed by atoms with Crippen molar-refractivity contribution in [3.05, 3.63) is 71.4 Å². The molecule has 1 aromatic carbocycles. The standard InChI is InChI=1S/C17H14N6O2S/c24-16(18-7-13-9-26-17-21-11-22-23(13)17)14-6-15(20-10-19-14)25-8-12-4-2-1-3-5-12/h1-6,9-11H,7-8H2,(H,18,24). The number of carbonyl (C=O) groups excluding carboxylic acids is 1. The number of carbonyl (C=O) groups is 1. The molecule has 1 amide bonds.